The second-order valence-electron chi connectivity index (χ2n) is 5.67. The van der Waals surface area contributed by atoms with Gasteiger partial charge in [-0.1, -0.05) is 43.7 Å². The van der Waals surface area contributed by atoms with Crippen molar-refractivity contribution in [2.75, 3.05) is 7.05 Å². The summed E-state index contributed by atoms with van der Waals surface area (Å²) in [6.45, 7) is 2.33. The number of nitrogens with zero attached hydrogens (tertiary/aromatic N) is 1. The van der Waals surface area contributed by atoms with E-state index in [1.807, 2.05) is 37.3 Å². The van der Waals surface area contributed by atoms with Crippen LogP contribution >= 0.6 is 0 Å². The van der Waals surface area contributed by atoms with Gasteiger partial charge in [0.1, 0.15) is 5.56 Å². The third kappa shape index (κ3) is 4.19. The molecule has 1 amide bonds. The summed E-state index contributed by atoms with van der Waals surface area (Å²) in [4.78, 5) is 36.9. The summed E-state index contributed by atoms with van der Waals surface area (Å²) >= 11 is 0. The van der Waals surface area contributed by atoms with E-state index in [9.17, 15) is 14.4 Å². The topological polar surface area (TPSA) is 68.2 Å². The number of benzene rings is 1. The lowest BCUT2D eigenvalue weighted by Gasteiger charge is -2.11. The van der Waals surface area contributed by atoms with E-state index >= 15 is 0 Å². The molecular formula is C19H22N2O3. The Labute approximate surface area is 141 Å². The normalized spacial score (nSPS) is 10.4. The first-order valence-electron chi connectivity index (χ1n) is 8.10. The molecule has 1 N–H and O–H groups in total. The van der Waals surface area contributed by atoms with Gasteiger partial charge in [0.05, 0.1) is 6.54 Å². The minimum atomic E-state index is -0.480. The average molecular weight is 326 g/mol. The van der Waals surface area contributed by atoms with Crippen LogP contribution in [0.15, 0.2) is 47.4 Å². The second kappa shape index (κ2) is 8.24. The van der Waals surface area contributed by atoms with Crippen LogP contribution in [-0.2, 0) is 6.54 Å². The molecule has 0 bridgehead atoms. The quantitative estimate of drug-likeness (QED) is 0.795. The van der Waals surface area contributed by atoms with Crippen LogP contribution in [0, 0.1) is 0 Å². The zero-order chi connectivity index (χ0) is 17.5. The Morgan fingerprint density at radius 2 is 1.88 bits per heavy atom. The van der Waals surface area contributed by atoms with Crippen LogP contribution in [0.5, 0.6) is 0 Å². The number of hydrogen-bond donors (Lipinski definition) is 1. The zero-order valence-corrected chi connectivity index (χ0v) is 14.0. The summed E-state index contributed by atoms with van der Waals surface area (Å²) in [6, 6.07) is 10.9. The van der Waals surface area contributed by atoms with Crippen molar-refractivity contribution < 1.29 is 9.59 Å². The van der Waals surface area contributed by atoms with Gasteiger partial charge in [-0.05, 0) is 18.1 Å². The van der Waals surface area contributed by atoms with Crippen LogP contribution in [0.1, 0.15) is 52.5 Å². The maximum atomic E-state index is 12.6. The summed E-state index contributed by atoms with van der Waals surface area (Å²) in [6.07, 6.45) is 3.66. The van der Waals surface area contributed by atoms with E-state index in [4.69, 9.17) is 0 Å². The zero-order valence-electron chi connectivity index (χ0n) is 14.0. The molecule has 24 heavy (non-hydrogen) atoms. The van der Waals surface area contributed by atoms with Crippen LogP contribution in [0.4, 0.5) is 0 Å². The van der Waals surface area contributed by atoms with Crippen molar-refractivity contribution in [1.29, 1.82) is 0 Å². The molecule has 126 valence electrons. The van der Waals surface area contributed by atoms with Gasteiger partial charge >= 0.3 is 0 Å². The van der Waals surface area contributed by atoms with Crippen molar-refractivity contribution >= 4 is 11.7 Å². The van der Waals surface area contributed by atoms with Gasteiger partial charge in [0.15, 0.2) is 5.78 Å². The van der Waals surface area contributed by atoms with Crippen molar-refractivity contribution in [3.05, 3.63) is 69.6 Å². The number of aromatic nitrogens is 1. The third-order valence-corrected chi connectivity index (χ3v) is 3.83. The molecule has 0 spiro atoms. The number of carbonyl (C=O) groups is 2. The molecule has 0 fully saturated rings. The Kier molecular flexibility index (Phi) is 6.07. The largest absolute Gasteiger partial charge is 0.355 e. The first kappa shape index (κ1) is 17.7. The van der Waals surface area contributed by atoms with Gasteiger partial charge in [-0.3, -0.25) is 14.4 Å². The minimum Gasteiger partial charge on any atom is -0.355 e. The molecular weight excluding hydrogens is 304 g/mol. The summed E-state index contributed by atoms with van der Waals surface area (Å²) in [5.74, 6) is -0.532. The van der Waals surface area contributed by atoms with Crippen LogP contribution in [0.3, 0.4) is 0 Å². The van der Waals surface area contributed by atoms with Gasteiger partial charge in [-0.2, -0.15) is 0 Å². The standard InChI is InChI=1S/C19H22N2O3/c1-3-4-10-17(22)15-11-16(18(23)20-2)19(24)21(13-15)12-14-8-6-5-7-9-14/h5-9,11,13H,3-4,10,12H2,1-2H3,(H,20,23). The van der Waals surface area contributed by atoms with Crippen molar-refractivity contribution in [3.8, 4) is 0 Å². The number of carbonyl (C=O) groups excluding carboxylic acids is 2. The molecule has 0 saturated heterocycles. The van der Waals surface area contributed by atoms with E-state index in [0.717, 1.165) is 18.4 Å². The van der Waals surface area contributed by atoms with Crippen molar-refractivity contribution in [2.45, 2.75) is 32.7 Å². The minimum absolute atomic E-state index is 0.00391. The molecule has 2 rings (SSSR count). The Morgan fingerprint density at radius 1 is 1.17 bits per heavy atom. The number of ketones is 1. The van der Waals surface area contributed by atoms with Crippen LogP contribution in [0.2, 0.25) is 0 Å². The molecule has 0 radical (unpaired) electrons. The van der Waals surface area contributed by atoms with E-state index in [1.165, 1.54) is 17.7 Å². The molecule has 1 aromatic carbocycles. The van der Waals surface area contributed by atoms with E-state index < -0.39 is 11.5 Å². The van der Waals surface area contributed by atoms with Gasteiger partial charge in [0.25, 0.3) is 11.5 Å². The lowest BCUT2D eigenvalue weighted by Crippen LogP contribution is -2.32. The van der Waals surface area contributed by atoms with E-state index in [1.54, 1.807) is 6.20 Å². The van der Waals surface area contributed by atoms with E-state index in [-0.39, 0.29) is 11.3 Å². The number of pyridine rings is 1. The van der Waals surface area contributed by atoms with Crippen molar-refractivity contribution in [2.24, 2.45) is 0 Å². The molecule has 0 unspecified atom stereocenters. The number of hydrogen-bond acceptors (Lipinski definition) is 3. The van der Waals surface area contributed by atoms with Crippen LogP contribution in [-0.4, -0.2) is 23.3 Å². The van der Waals surface area contributed by atoms with Crippen LogP contribution < -0.4 is 10.9 Å². The fourth-order valence-corrected chi connectivity index (χ4v) is 2.46. The highest BCUT2D eigenvalue weighted by atomic mass is 16.2. The fourth-order valence-electron chi connectivity index (χ4n) is 2.46. The summed E-state index contributed by atoms with van der Waals surface area (Å²) in [5.41, 5.74) is 0.930. The molecule has 2 aromatic rings. The monoisotopic (exact) mass is 326 g/mol. The Bertz CT molecular complexity index is 779. The molecule has 5 nitrogen and oxygen atoms in total. The average Bonchev–Trinajstić information content (AvgIpc) is 2.61. The number of nitrogens with one attached hydrogen (secondary N) is 1. The predicted molar refractivity (Wildman–Crippen MR) is 93.5 cm³/mol. The van der Waals surface area contributed by atoms with Gasteiger partial charge in [-0.15, -0.1) is 0 Å². The number of Topliss-reactive ketones (excluding diaryl/α,β-unsaturated/α-hetero) is 1. The lowest BCUT2D eigenvalue weighted by atomic mass is 10.0. The summed E-state index contributed by atoms with van der Waals surface area (Å²) in [7, 11) is 1.47. The van der Waals surface area contributed by atoms with E-state index in [2.05, 4.69) is 5.32 Å². The highest BCUT2D eigenvalue weighted by molar-refractivity contribution is 6.00. The molecule has 5 heteroatoms. The number of unbranched alkanes of at least 4 members (excludes halogenated alkanes) is 1. The SMILES string of the molecule is CCCCC(=O)c1cc(C(=O)NC)c(=O)n(Cc2ccccc2)c1. The molecule has 1 heterocycles. The highest BCUT2D eigenvalue weighted by Gasteiger charge is 2.16. The molecule has 0 atom stereocenters. The molecule has 1 aromatic heterocycles. The maximum absolute atomic E-state index is 12.6. The predicted octanol–water partition coefficient (Wildman–Crippen LogP) is 2.63. The Balaban J connectivity index is 2.46. The van der Waals surface area contributed by atoms with E-state index in [0.29, 0.717) is 18.5 Å². The van der Waals surface area contributed by atoms with Crippen molar-refractivity contribution in [1.82, 2.24) is 9.88 Å². The summed E-state index contributed by atoms with van der Waals surface area (Å²) in [5, 5.41) is 2.46. The maximum Gasteiger partial charge on any atom is 0.263 e. The van der Waals surface area contributed by atoms with Crippen molar-refractivity contribution in [3.63, 3.8) is 0 Å². The molecule has 0 aliphatic carbocycles. The van der Waals surface area contributed by atoms with Crippen LogP contribution in [0.25, 0.3) is 0 Å². The number of amides is 1. The fraction of sp³-hybridized carbons (Fsp3) is 0.316. The smallest absolute Gasteiger partial charge is 0.263 e. The van der Waals surface area contributed by atoms with Gasteiger partial charge in [0.2, 0.25) is 0 Å². The first-order chi connectivity index (χ1) is 11.6. The lowest BCUT2D eigenvalue weighted by molar-refractivity contribution is 0.0961. The summed E-state index contributed by atoms with van der Waals surface area (Å²) < 4.78 is 1.43. The molecule has 0 aliphatic rings. The Hall–Kier alpha value is -2.69. The number of rotatable bonds is 7. The molecule has 0 saturated carbocycles. The van der Waals surface area contributed by atoms with Gasteiger partial charge in [0, 0.05) is 25.2 Å². The third-order valence-electron chi connectivity index (χ3n) is 3.83. The highest BCUT2D eigenvalue weighted by Crippen LogP contribution is 2.09. The molecule has 0 aliphatic heterocycles. The Morgan fingerprint density at radius 3 is 2.50 bits per heavy atom. The first-order valence-corrected chi connectivity index (χ1v) is 8.10. The second-order valence-corrected chi connectivity index (χ2v) is 5.67. The van der Waals surface area contributed by atoms with Gasteiger partial charge in [-0.25, -0.2) is 0 Å². The van der Waals surface area contributed by atoms with Gasteiger partial charge < -0.3 is 9.88 Å².